The molecule has 0 unspecified atom stereocenters. The number of rotatable bonds is 3. The Kier molecular flexibility index (Phi) is 3.26. The number of ether oxygens (including phenoxy) is 1. The van der Waals surface area contributed by atoms with E-state index in [1.54, 1.807) is 30.4 Å². The van der Waals surface area contributed by atoms with Gasteiger partial charge in [0, 0.05) is 11.1 Å². The van der Waals surface area contributed by atoms with Gasteiger partial charge in [-0.15, -0.1) is 0 Å². The smallest absolute Gasteiger partial charge is 0.244 e. The first kappa shape index (κ1) is 12.8. The van der Waals surface area contributed by atoms with Crippen molar-refractivity contribution >= 4 is 22.6 Å². The predicted octanol–water partition coefficient (Wildman–Crippen LogP) is 2.68. The number of halogens is 1. The molecule has 3 nitrogen and oxygen atoms in total. The van der Waals surface area contributed by atoms with Crippen molar-refractivity contribution in [2.24, 2.45) is 5.41 Å². The minimum atomic E-state index is -1.41. The van der Waals surface area contributed by atoms with E-state index in [2.05, 4.69) is 0 Å². The van der Waals surface area contributed by atoms with E-state index in [9.17, 15) is 9.59 Å². The van der Waals surface area contributed by atoms with Crippen molar-refractivity contribution in [2.75, 3.05) is 7.11 Å². The van der Waals surface area contributed by atoms with E-state index in [-0.39, 0.29) is 5.78 Å². The average Bonchev–Trinajstić information content (AvgIpc) is 2.51. The summed E-state index contributed by atoms with van der Waals surface area (Å²) in [6, 6.07) is 0. The highest BCUT2D eigenvalue weighted by molar-refractivity contribution is 6.68. The molecule has 0 N–H and O–H groups in total. The largest absolute Gasteiger partial charge is 0.496 e. The molecular formula is C14H13ClO3. The first-order valence-corrected chi connectivity index (χ1v) is 6.06. The highest BCUT2D eigenvalue weighted by atomic mass is 35.5. The quantitative estimate of drug-likeness (QED) is 0.581. The number of hydrogen-bond acceptors (Lipinski definition) is 3. The van der Waals surface area contributed by atoms with Gasteiger partial charge < -0.3 is 4.74 Å². The van der Waals surface area contributed by atoms with Gasteiger partial charge in [0.25, 0.3) is 0 Å². The van der Waals surface area contributed by atoms with Crippen LogP contribution < -0.4 is 0 Å². The van der Waals surface area contributed by atoms with E-state index in [1.807, 2.05) is 6.92 Å². The Hall–Kier alpha value is -1.61. The third kappa shape index (κ3) is 1.51. The molecule has 0 aliphatic heterocycles. The molecule has 0 spiro atoms. The summed E-state index contributed by atoms with van der Waals surface area (Å²) >= 11 is 5.70. The molecule has 0 radical (unpaired) electrons. The normalized spacial score (nSPS) is 25.9. The number of methoxy groups -OCH3 is 1. The molecule has 18 heavy (non-hydrogen) atoms. The van der Waals surface area contributed by atoms with E-state index in [0.29, 0.717) is 23.3 Å². The zero-order chi connectivity index (χ0) is 13.3. The van der Waals surface area contributed by atoms with Crippen LogP contribution in [0.15, 0.2) is 47.3 Å². The summed E-state index contributed by atoms with van der Waals surface area (Å²) in [4.78, 5) is 24.3. The van der Waals surface area contributed by atoms with Gasteiger partial charge in [0.05, 0.1) is 7.11 Å². The van der Waals surface area contributed by atoms with Crippen molar-refractivity contribution in [3.05, 3.63) is 47.3 Å². The van der Waals surface area contributed by atoms with Gasteiger partial charge in [0.1, 0.15) is 5.76 Å². The lowest BCUT2D eigenvalue weighted by atomic mass is 9.80. The lowest BCUT2D eigenvalue weighted by Crippen LogP contribution is -2.33. The van der Waals surface area contributed by atoms with Crippen molar-refractivity contribution in [3.63, 3.8) is 0 Å². The maximum atomic E-state index is 12.5. The summed E-state index contributed by atoms with van der Waals surface area (Å²) in [5, 5.41) is -0.697. The number of carbonyl (C=O) groups is 2. The highest BCUT2D eigenvalue weighted by Gasteiger charge is 2.54. The maximum absolute atomic E-state index is 12.5. The van der Waals surface area contributed by atoms with Gasteiger partial charge in [0.2, 0.25) is 5.24 Å². The fourth-order valence-electron chi connectivity index (χ4n) is 2.41. The number of allylic oxidation sites excluding steroid dienone is 7. The summed E-state index contributed by atoms with van der Waals surface area (Å²) in [7, 11) is 1.49. The Morgan fingerprint density at radius 3 is 2.67 bits per heavy atom. The fraction of sp³-hybridized carbons (Fsp3) is 0.286. The van der Waals surface area contributed by atoms with Gasteiger partial charge in [-0.2, -0.15) is 0 Å². The van der Waals surface area contributed by atoms with Crippen molar-refractivity contribution in [1.82, 2.24) is 0 Å². The predicted molar refractivity (Wildman–Crippen MR) is 69.0 cm³/mol. The Morgan fingerprint density at radius 2 is 2.11 bits per heavy atom. The first-order chi connectivity index (χ1) is 8.59. The first-order valence-electron chi connectivity index (χ1n) is 5.68. The van der Waals surface area contributed by atoms with Gasteiger partial charge in [-0.25, -0.2) is 0 Å². The average molecular weight is 265 g/mol. The van der Waals surface area contributed by atoms with Crippen LogP contribution in [0.5, 0.6) is 0 Å². The SMILES string of the molecule is CCC1=C(OC)C2=CC=CC=C[C@]2(C(=O)Cl)C1=O. The van der Waals surface area contributed by atoms with Crippen molar-refractivity contribution < 1.29 is 14.3 Å². The van der Waals surface area contributed by atoms with E-state index in [0.717, 1.165) is 0 Å². The molecule has 0 bridgehead atoms. The highest BCUT2D eigenvalue weighted by Crippen LogP contribution is 2.48. The molecule has 2 rings (SSSR count). The van der Waals surface area contributed by atoms with Crippen LogP contribution in [0, 0.1) is 5.41 Å². The van der Waals surface area contributed by atoms with Gasteiger partial charge >= 0.3 is 0 Å². The topological polar surface area (TPSA) is 43.4 Å². The van der Waals surface area contributed by atoms with Crippen LogP contribution in [0.1, 0.15) is 13.3 Å². The van der Waals surface area contributed by atoms with Crippen LogP contribution in [-0.4, -0.2) is 18.1 Å². The lowest BCUT2D eigenvalue weighted by Gasteiger charge is -2.21. The molecule has 0 aromatic heterocycles. The number of fused-ring (bicyclic) bond motifs is 1. The lowest BCUT2D eigenvalue weighted by molar-refractivity contribution is -0.128. The molecule has 94 valence electrons. The number of hydrogen-bond donors (Lipinski definition) is 0. The maximum Gasteiger partial charge on any atom is 0.244 e. The van der Waals surface area contributed by atoms with E-state index in [4.69, 9.17) is 16.3 Å². The zero-order valence-corrected chi connectivity index (χ0v) is 11.0. The van der Waals surface area contributed by atoms with Gasteiger partial charge in [-0.3, -0.25) is 9.59 Å². The molecule has 2 aliphatic rings. The summed E-state index contributed by atoms with van der Waals surface area (Å²) in [6.45, 7) is 1.85. The summed E-state index contributed by atoms with van der Waals surface area (Å²) in [5.74, 6) is 0.181. The third-order valence-electron chi connectivity index (χ3n) is 3.27. The second-order valence-electron chi connectivity index (χ2n) is 4.10. The Bertz CT molecular complexity index is 537. The van der Waals surface area contributed by atoms with Gasteiger partial charge in [0.15, 0.2) is 11.2 Å². The molecule has 0 heterocycles. The van der Waals surface area contributed by atoms with E-state index >= 15 is 0 Å². The molecule has 0 amide bonds. The number of ketones is 1. The summed E-state index contributed by atoms with van der Waals surface area (Å²) in [6.07, 6.45) is 8.93. The van der Waals surface area contributed by atoms with Crippen molar-refractivity contribution in [1.29, 1.82) is 0 Å². The summed E-state index contributed by atoms with van der Waals surface area (Å²) < 4.78 is 5.30. The standard InChI is InChI=1S/C14H13ClO3/c1-3-9-11(18-2)10-7-5-4-6-8-14(10,12(9)16)13(15)17/h4-8H,3H2,1-2H3/t14-/m1/s1. The Labute approximate surface area is 110 Å². The van der Waals surface area contributed by atoms with Gasteiger partial charge in [-0.05, 0) is 18.0 Å². The molecule has 4 heteroatoms. The Balaban J connectivity index is 2.73. The monoisotopic (exact) mass is 264 g/mol. The molecule has 0 fully saturated rings. The molecule has 0 saturated carbocycles. The fourth-order valence-corrected chi connectivity index (χ4v) is 2.66. The third-order valence-corrected chi connectivity index (χ3v) is 3.57. The van der Waals surface area contributed by atoms with Gasteiger partial charge in [-0.1, -0.05) is 37.3 Å². The van der Waals surface area contributed by atoms with Crippen LogP contribution in [0.3, 0.4) is 0 Å². The van der Waals surface area contributed by atoms with E-state index < -0.39 is 10.7 Å². The van der Waals surface area contributed by atoms with Crippen LogP contribution in [-0.2, 0) is 14.3 Å². The van der Waals surface area contributed by atoms with E-state index in [1.165, 1.54) is 7.11 Å². The van der Waals surface area contributed by atoms with Crippen molar-refractivity contribution in [3.8, 4) is 0 Å². The molecular weight excluding hydrogens is 252 g/mol. The van der Waals surface area contributed by atoms with Crippen molar-refractivity contribution in [2.45, 2.75) is 13.3 Å². The second-order valence-corrected chi connectivity index (χ2v) is 4.44. The number of Topliss-reactive ketones (excluding diaryl/α,β-unsaturated/α-hetero) is 1. The van der Waals surface area contributed by atoms with Crippen LogP contribution in [0.25, 0.3) is 0 Å². The molecule has 0 aromatic carbocycles. The number of carbonyl (C=O) groups excluding carboxylic acids is 2. The minimum absolute atomic E-state index is 0.284. The molecule has 2 aliphatic carbocycles. The Morgan fingerprint density at radius 1 is 1.39 bits per heavy atom. The molecule has 0 aromatic rings. The van der Waals surface area contributed by atoms with Crippen LogP contribution in [0.4, 0.5) is 0 Å². The van der Waals surface area contributed by atoms with Crippen LogP contribution >= 0.6 is 11.6 Å². The molecule has 1 atom stereocenters. The van der Waals surface area contributed by atoms with Crippen LogP contribution in [0.2, 0.25) is 0 Å². The minimum Gasteiger partial charge on any atom is -0.496 e. The summed E-state index contributed by atoms with van der Waals surface area (Å²) in [5.41, 5.74) is -0.378. The second kappa shape index (κ2) is 4.58. The zero-order valence-electron chi connectivity index (χ0n) is 10.2. The molecule has 0 saturated heterocycles.